The van der Waals surface area contributed by atoms with Crippen molar-refractivity contribution in [1.29, 1.82) is 0 Å². The summed E-state index contributed by atoms with van der Waals surface area (Å²) in [4.78, 5) is 20.9. The maximum Gasteiger partial charge on any atom is 0.222 e. The van der Waals surface area contributed by atoms with Gasteiger partial charge >= 0.3 is 0 Å². The van der Waals surface area contributed by atoms with E-state index in [1.54, 1.807) is 0 Å². The first kappa shape index (κ1) is 22.2. The number of guanidine groups is 1. The fourth-order valence-electron chi connectivity index (χ4n) is 3.38. The Labute approximate surface area is 170 Å². The van der Waals surface area contributed by atoms with Crippen LogP contribution in [0.3, 0.4) is 0 Å². The molecule has 1 aliphatic heterocycles. The molecule has 1 aliphatic rings. The van der Waals surface area contributed by atoms with Gasteiger partial charge in [0.2, 0.25) is 5.91 Å². The highest BCUT2D eigenvalue weighted by molar-refractivity contribution is 5.79. The maximum atomic E-state index is 12.1. The second-order valence-corrected chi connectivity index (χ2v) is 7.72. The average molecular weight is 388 g/mol. The highest BCUT2D eigenvalue weighted by atomic mass is 16.2. The number of amides is 1. The van der Waals surface area contributed by atoms with Gasteiger partial charge in [0.25, 0.3) is 0 Å². The van der Waals surface area contributed by atoms with E-state index in [2.05, 4.69) is 60.8 Å². The van der Waals surface area contributed by atoms with Crippen molar-refractivity contribution >= 4 is 11.9 Å². The Balaban J connectivity index is 1.77. The van der Waals surface area contributed by atoms with Crippen LogP contribution >= 0.6 is 0 Å². The SMILES string of the molecule is CCNC(=NCc1ccc(CN(C)C)cc1)NCCCN1CCCCCC1=O. The lowest BCUT2D eigenvalue weighted by atomic mass is 10.1. The van der Waals surface area contributed by atoms with Crippen LogP contribution < -0.4 is 10.6 Å². The predicted octanol–water partition coefficient (Wildman–Crippen LogP) is 2.60. The van der Waals surface area contributed by atoms with Gasteiger partial charge in [-0.1, -0.05) is 30.7 Å². The zero-order chi connectivity index (χ0) is 20.2. The van der Waals surface area contributed by atoms with Gasteiger partial charge in [-0.15, -0.1) is 0 Å². The second-order valence-electron chi connectivity index (χ2n) is 7.72. The Morgan fingerprint density at radius 3 is 2.57 bits per heavy atom. The van der Waals surface area contributed by atoms with Crippen LogP contribution in [0.1, 0.15) is 50.2 Å². The van der Waals surface area contributed by atoms with Crippen molar-refractivity contribution in [2.45, 2.75) is 52.1 Å². The lowest BCUT2D eigenvalue weighted by molar-refractivity contribution is -0.130. The van der Waals surface area contributed by atoms with Crippen molar-refractivity contribution in [2.75, 3.05) is 40.3 Å². The molecule has 1 amide bonds. The van der Waals surface area contributed by atoms with Crippen LogP contribution in [0.2, 0.25) is 0 Å². The van der Waals surface area contributed by atoms with E-state index in [9.17, 15) is 4.79 Å². The Bertz CT molecular complexity index is 612. The van der Waals surface area contributed by atoms with Crippen molar-refractivity contribution in [3.63, 3.8) is 0 Å². The van der Waals surface area contributed by atoms with Crippen LogP contribution in [-0.4, -0.2) is 61.9 Å². The molecule has 28 heavy (non-hydrogen) atoms. The van der Waals surface area contributed by atoms with Gasteiger partial charge in [0.1, 0.15) is 0 Å². The van der Waals surface area contributed by atoms with E-state index < -0.39 is 0 Å². The molecule has 1 saturated heterocycles. The molecule has 0 unspecified atom stereocenters. The molecule has 1 aromatic rings. The average Bonchev–Trinajstić information content (AvgIpc) is 2.88. The number of likely N-dealkylation sites (tertiary alicyclic amines) is 1. The van der Waals surface area contributed by atoms with E-state index in [1.165, 1.54) is 17.5 Å². The van der Waals surface area contributed by atoms with E-state index in [0.29, 0.717) is 18.9 Å². The summed E-state index contributed by atoms with van der Waals surface area (Å²) in [6.07, 6.45) is 5.01. The molecule has 6 heteroatoms. The van der Waals surface area contributed by atoms with Crippen molar-refractivity contribution in [1.82, 2.24) is 20.4 Å². The van der Waals surface area contributed by atoms with Crippen molar-refractivity contribution in [2.24, 2.45) is 4.99 Å². The maximum absolute atomic E-state index is 12.1. The van der Waals surface area contributed by atoms with Crippen LogP contribution in [-0.2, 0) is 17.9 Å². The molecule has 0 saturated carbocycles. The first-order valence-corrected chi connectivity index (χ1v) is 10.6. The Morgan fingerprint density at radius 2 is 1.86 bits per heavy atom. The number of nitrogens with one attached hydrogen (secondary N) is 2. The first-order chi connectivity index (χ1) is 13.6. The molecule has 0 atom stereocenters. The minimum absolute atomic E-state index is 0.316. The van der Waals surface area contributed by atoms with Gasteiger partial charge in [0.15, 0.2) is 5.96 Å². The summed E-state index contributed by atoms with van der Waals surface area (Å²) in [7, 11) is 4.16. The molecule has 2 N–H and O–H groups in total. The summed E-state index contributed by atoms with van der Waals surface area (Å²) < 4.78 is 0. The quantitative estimate of drug-likeness (QED) is 0.388. The van der Waals surface area contributed by atoms with E-state index in [1.807, 2.05) is 4.90 Å². The summed E-state index contributed by atoms with van der Waals surface area (Å²) in [5.41, 5.74) is 2.51. The van der Waals surface area contributed by atoms with E-state index >= 15 is 0 Å². The molecule has 1 fully saturated rings. The summed E-state index contributed by atoms with van der Waals surface area (Å²) in [6, 6.07) is 8.64. The predicted molar refractivity (Wildman–Crippen MR) is 116 cm³/mol. The second kappa shape index (κ2) is 12.4. The van der Waals surface area contributed by atoms with Crippen molar-refractivity contribution in [3.05, 3.63) is 35.4 Å². The molecule has 0 aliphatic carbocycles. The van der Waals surface area contributed by atoms with Gasteiger partial charge in [0, 0.05) is 39.1 Å². The summed E-state index contributed by atoms with van der Waals surface area (Å²) in [6.45, 7) is 7.07. The number of carbonyl (C=O) groups is 1. The third kappa shape index (κ3) is 8.30. The summed E-state index contributed by atoms with van der Waals surface area (Å²) in [5, 5.41) is 6.69. The van der Waals surface area contributed by atoms with Crippen molar-refractivity contribution in [3.8, 4) is 0 Å². The molecule has 156 valence electrons. The summed E-state index contributed by atoms with van der Waals surface area (Å²) >= 11 is 0. The largest absolute Gasteiger partial charge is 0.357 e. The third-order valence-electron chi connectivity index (χ3n) is 4.85. The lowest BCUT2D eigenvalue weighted by Gasteiger charge is -2.20. The van der Waals surface area contributed by atoms with Crippen LogP contribution in [0.15, 0.2) is 29.3 Å². The molecule has 0 radical (unpaired) electrons. The monoisotopic (exact) mass is 387 g/mol. The van der Waals surface area contributed by atoms with Gasteiger partial charge in [-0.3, -0.25) is 4.79 Å². The molecular formula is C22H37N5O. The fraction of sp³-hybridized carbons (Fsp3) is 0.636. The van der Waals surface area contributed by atoms with Gasteiger partial charge < -0.3 is 20.4 Å². The highest BCUT2D eigenvalue weighted by Gasteiger charge is 2.15. The van der Waals surface area contributed by atoms with Crippen LogP contribution in [0.4, 0.5) is 0 Å². The molecule has 1 aromatic carbocycles. The van der Waals surface area contributed by atoms with Crippen LogP contribution in [0.25, 0.3) is 0 Å². The number of hydrogen-bond acceptors (Lipinski definition) is 3. The number of carbonyl (C=O) groups excluding carboxylic acids is 1. The molecule has 0 bridgehead atoms. The fourth-order valence-corrected chi connectivity index (χ4v) is 3.38. The van der Waals surface area contributed by atoms with Gasteiger partial charge in [-0.25, -0.2) is 4.99 Å². The minimum atomic E-state index is 0.316. The van der Waals surface area contributed by atoms with E-state index in [4.69, 9.17) is 4.99 Å². The molecule has 1 heterocycles. The topological polar surface area (TPSA) is 60.0 Å². The zero-order valence-electron chi connectivity index (χ0n) is 17.8. The number of rotatable bonds is 9. The number of nitrogens with zero attached hydrogens (tertiary/aromatic N) is 3. The molecule has 6 nitrogen and oxygen atoms in total. The summed E-state index contributed by atoms with van der Waals surface area (Å²) in [5.74, 6) is 1.15. The van der Waals surface area contributed by atoms with Crippen molar-refractivity contribution < 1.29 is 4.79 Å². The van der Waals surface area contributed by atoms with Crippen LogP contribution in [0.5, 0.6) is 0 Å². The molecule has 0 aromatic heterocycles. The van der Waals surface area contributed by atoms with E-state index in [0.717, 1.165) is 57.9 Å². The van der Waals surface area contributed by atoms with E-state index in [-0.39, 0.29) is 0 Å². The molecule has 2 rings (SSSR count). The number of hydrogen-bond donors (Lipinski definition) is 2. The minimum Gasteiger partial charge on any atom is -0.357 e. The molecule has 0 spiro atoms. The zero-order valence-corrected chi connectivity index (χ0v) is 17.8. The third-order valence-corrected chi connectivity index (χ3v) is 4.85. The van der Waals surface area contributed by atoms with Gasteiger partial charge in [-0.05, 0) is 51.4 Å². The smallest absolute Gasteiger partial charge is 0.222 e. The first-order valence-electron chi connectivity index (χ1n) is 10.6. The van der Waals surface area contributed by atoms with Crippen LogP contribution in [0, 0.1) is 0 Å². The van der Waals surface area contributed by atoms with Gasteiger partial charge in [-0.2, -0.15) is 0 Å². The Hall–Kier alpha value is -2.08. The normalized spacial score (nSPS) is 15.6. The number of benzene rings is 1. The van der Waals surface area contributed by atoms with Gasteiger partial charge in [0.05, 0.1) is 6.54 Å². The standard InChI is InChI=1S/C22H37N5O/c1-4-23-22(24-14-8-16-27-15-7-5-6-9-21(27)28)25-17-19-10-12-20(13-11-19)18-26(2)3/h10-13H,4-9,14-18H2,1-3H3,(H2,23,24,25). The Morgan fingerprint density at radius 1 is 1.11 bits per heavy atom. The Kier molecular flexibility index (Phi) is 9.83. The lowest BCUT2D eigenvalue weighted by Crippen LogP contribution is -2.39. The number of aliphatic imine (C=N–C) groups is 1. The molecular weight excluding hydrogens is 350 g/mol. The highest BCUT2D eigenvalue weighted by Crippen LogP contribution is 2.11.